The van der Waals surface area contributed by atoms with Crippen LogP contribution in [0.25, 0.3) is 0 Å². The predicted molar refractivity (Wildman–Crippen MR) is 89.7 cm³/mol. The summed E-state index contributed by atoms with van der Waals surface area (Å²) in [4.78, 5) is 0. The van der Waals surface area contributed by atoms with Gasteiger partial charge in [0, 0.05) is 5.92 Å². The smallest absolute Gasteiger partial charge is 0.0675 e. The molecule has 0 aliphatic heterocycles. The van der Waals surface area contributed by atoms with Gasteiger partial charge in [0.05, 0.1) is 17.8 Å². The van der Waals surface area contributed by atoms with E-state index in [0.29, 0.717) is 17.8 Å². The second-order valence-corrected chi connectivity index (χ2v) is 10.6. The standard InChI is InChI=1S/C20H34O3/c1-11-8-13(21)12-9-18(4)10-14(22)15-16(18)20(11,17(12,2)3)7-6-19(15,5)23/h11-16,21-23H,6-10H2,1-5H3/t11-,12-,13+,14-,15+,16-,18-,19+,20-/m1/s1. The van der Waals surface area contributed by atoms with Crippen molar-refractivity contribution in [1.82, 2.24) is 0 Å². The third-order valence-electron chi connectivity index (χ3n) is 9.27. The molecule has 9 atom stereocenters. The third kappa shape index (κ3) is 1.67. The molecule has 0 saturated heterocycles. The highest BCUT2D eigenvalue weighted by molar-refractivity contribution is 5.24. The van der Waals surface area contributed by atoms with Crippen molar-refractivity contribution in [2.24, 2.45) is 39.9 Å². The normalized spacial score (nSPS) is 63.7. The van der Waals surface area contributed by atoms with Crippen molar-refractivity contribution in [2.45, 2.75) is 84.5 Å². The van der Waals surface area contributed by atoms with Gasteiger partial charge in [-0.3, -0.25) is 0 Å². The van der Waals surface area contributed by atoms with Gasteiger partial charge in [-0.2, -0.15) is 0 Å². The van der Waals surface area contributed by atoms with Crippen molar-refractivity contribution in [3.8, 4) is 0 Å². The average molecular weight is 322 g/mol. The highest BCUT2D eigenvalue weighted by Gasteiger charge is 2.75. The summed E-state index contributed by atoms with van der Waals surface area (Å²) >= 11 is 0. The lowest BCUT2D eigenvalue weighted by molar-refractivity contribution is -0.276. The highest BCUT2D eigenvalue weighted by Crippen LogP contribution is 2.78. The molecule has 3 N–H and O–H groups in total. The highest BCUT2D eigenvalue weighted by atomic mass is 16.3. The van der Waals surface area contributed by atoms with Crippen LogP contribution in [-0.2, 0) is 0 Å². The largest absolute Gasteiger partial charge is 0.393 e. The van der Waals surface area contributed by atoms with Gasteiger partial charge in [0.1, 0.15) is 0 Å². The first-order valence-electron chi connectivity index (χ1n) is 9.56. The molecule has 0 radical (unpaired) electrons. The van der Waals surface area contributed by atoms with E-state index < -0.39 is 11.7 Å². The van der Waals surface area contributed by atoms with Crippen LogP contribution in [0, 0.1) is 39.9 Å². The maximum Gasteiger partial charge on any atom is 0.0675 e. The molecule has 3 nitrogen and oxygen atoms in total. The van der Waals surface area contributed by atoms with E-state index in [4.69, 9.17) is 0 Å². The summed E-state index contributed by atoms with van der Waals surface area (Å²) in [6.45, 7) is 11.3. The Bertz CT molecular complexity index is 527. The Morgan fingerprint density at radius 3 is 2.22 bits per heavy atom. The van der Waals surface area contributed by atoms with Crippen molar-refractivity contribution in [2.75, 3.05) is 0 Å². The Balaban J connectivity index is 1.94. The summed E-state index contributed by atoms with van der Waals surface area (Å²) in [5.74, 6) is 1.10. The average Bonchev–Trinajstić information content (AvgIpc) is 2.67. The van der Waals surface area contributed by atoms with Gasteiger partial charge < -0.3 is 15.3 Å². The zero-order valence-corrected chi connectivity index (χ0v) is 15.3. The Morgan fingerprint density at radius 1 is 0.913 bits per heavy atom. The summed E-state index contributed by atoms with van der Waals surface area (Å²) in [5, 5.41) is 32.8. The third-order valence-corrected chi connectivity index (χ3v) is 9.27. The predicted octanol–water partition coefficient (Wildman–Crippen LogP) is 2.97. The van der Waals surface area contributed by atoms with Crippen LogP contribution < -0.4 is 0 Å². The number of aliphatic hydroxyl groups is 3. The fraction of sp³-hybridized carbons (Fsp3) is 1.00. The molecule has 0 unspecified atom stereocenters. The second-order valence-electron chi connectivity index (χ2n) is 10.6. The van der Waals surface area contributed by atoms with E-state index in [1.165, 1.54) is 0 Å². The quantitative estimate of drug-likeness (QED) is 0.642. The van der Waals surface area contributed by atoms with Crippen LogP contribution in [0.15, 0.2) is 0 Å². The fourth-order valence-electron chi connectivity index (χ4n) is 8.46. The molecule has 0 amide bonds. The van der Waals surface area contributed by atoms with Gasteiger partial charge in [-0.25, -0.2) is 0 Å². The van der Waals surface area contributed by atoms with Crippen molar-refractivity contribution in [1.29, 1.82) is 0 Å². The molecule has 3 heteroatoms. The van der Waals surface area contributed by atoms with Crippen molar-refractivity contribution < 1.29 is 15.3 Å². The molecule has 0 aromatic heterocycles. The van der Waals surface area contributed by atoms with E-state index in [9.17, 15) is 15.3 Å². The first-order chi connectivity index (χ1) is 10.5. The maximum absolute atomic E-state index is 11.1. The molecular weight excluding hydrogens is 288 g/mol. The van der Waals surface area contributed by atoms with Crippen LogP contribution in [0.1, 0.15) is 66.7 Å². The number of hydrogen-bond acceptors (Lipinski definition) is 3. The zero-order chi connectivity index (χ0) is 17.0. The monoisotopic (exact) mass is 322 g/mol. The molecule has 4 aliphatic carbocycles. The topological polar surface area (TPSA) is 60.7 Å². The van der Waals surface area contributed by atoms with Crippen molar-refractivity contribution >= 4 is 0 Å². The lowest BCUT2D eigenvalue weighted by Gasteiger charge is -2.72. The maximum atomic E-state index is 11.1. The Hall–Kier alpha value is -0.120. The van der Waals surface area contributed by atoms with Gasteiger partial charge in [0.2, 0.25) is 0 Å². The first kappa shape index (κ1) is 16.4. The van der Waals surface area contributed by atoms with Crippen molar-refractivity contribution in [3.63, 3.8) is 0 Å². The van der Waals surface area contributed by atoms with E-state index in [2.05, 4.69) is 27.7 Å². The molecule has 4 aliphatic rings. The van der Waals surface area contributed by atoms with E-state index in [1.54, 1.807) is 0 Å². The van der Waals surface area contributed by atoms with E-state index >= 15 is 0 Å². The van der Waals surface area contributed by atoms with Gasteiger partial charge in [0.15, 0.2) is 0 Å². The van der Waals surface area contributed by atoms with E-state index in [0.717, 1.165) is 32.1 Å². The molecule has 4 saturated carbocycles. The molecule has 4 fully saturated rings. The van der Waals surface area contributed by atoms with E-state index in [1.807, 2.05) is 6.92 Å². The minimum atomic E-state index is -0.758. The molecule has 0 heterocycles. The summed E-state index contributed by atoms with van der Waals surface area (Å²) in [6.07, 6.45) is 3.83. The fourth-order valence-corrected chi connectivity index (χ4v) is 8.46. The van der Waals surface area contributed by atoms with Crippen LogP contribution >= 0.6 is 0 Å². The van der Waals surface area contributed by atoms with Crippen LogP contribution in [-0.4, -0.2) is 33.1 Å². The van der Waals surface area contributed by atoms with Crippen LogP contribution in [0.3, 0.4) is 0 Å². The Kier molecular flexibility index (Phi) is 3.09. The molecule has 132 valence electrons. The van der Waals surface area contributed by atoms with Crippen LogP contribution in [0.2, 0.25) is 0 Å². The lowest BCUT2D eigenvalue weighted by Crippen LogP contribution is -2.70. The second kappa shape index (κ2) is 4.34. The molecule has 1 spiro atoms. The Morgan fingerprint density at radius 2 is 1.57 bits per heavy atom. The minimum Gasteiger partial charge on any atom is -0.393 e. The SMILES string of the molecule is C[C@@H]1C[C@H](O)[C@H]2C[C@]3(C)C[C@@H](O)[C@H]4[C@H]3[C@]1(CC[C@]4(C)O)C2(C)C. The number of aliphatic hydroxyl groups excluding tert-OH is 2. The van der Waals surface area contributed by atoms with Crippen LogP contribution in [0.4, 0.5) is 0 Å². The zero-order valence-electron chi connectivity index (χ0n) is 15.3. The molecular formula is C20H34O3. The lowest BCUT2D eigenvalue weighted by atomic mass is 9.32. The van der Waals surface area contributed by atoms with Gasteiger partial charge in [-0.05, 0) is 73.0 Å². The minimum absolute atomic E-state index is 0.0147. The molecule has 2 bridgehead atoms. The number of hydrogen-bond donors (Lipinski definition) is 3. The summed E-state index contributed by atoms with van der Waals surface area (Å²) in [7, 11) is 0. The Labute approximate surface area is 140 Å². The molecule has 23 heavy (non-hydrogen) atoms. The van der Waals surface area contributed by atoms with Gasteiger partial charge >= 0.3 is 0 Å². The number of rotatable bonds is 0. The summed E-state index contributed by atoms with van der Waals surface area (Å²) < 4.78 is 0. The van der Waals surface area contributed by atoms with Crippen molar-refractivity contribution in [3.05, 3.63) is 0 Å². The molecule has 0 aromatic rings. The molecule has 0 aromatic carbocycles. The van der Waals surface area contributed by atoms with Crippen LogP contribution in [0.5, 0.6) is 0 Å². The number of fused-ring (bicyclic) bond motifs is 1. The molecule has 4 rings (SSSR count). The van der Waals surface area contributed by atoms with Gasteiger partial charge in [-0.15, -0.1) is 0 Å². The first-order valence-corrected chi connectivity index (χ1v) is 9.56. The van der Waals surface area contributed by atoms with Gasteiger partial charge in [-0.1, -0.05) is 27.7 Å². The van der Waals surface area contributed by atoms with E-state index in [-0.39, 0.29) is 28.3 Å². The summed E-state index contributed by atoms with van der Waals surface area (Å²) in [6, 6.07) is 0. The summed E-state index contributed by atoms with van der Waals surface area (Å²) in [5.41, 5.74) is -0.516. The van der Waals surface area contributed by atoms with Gasteiger partial charge in [0.25, 0.3) is 0 Å².